The zero-order valence-electron chi connectivity index (χ0n) is 19.5. The third-order valence-electron chi connectivity index (χ3n) is 6.41. The third-order valence-corrected chi connectivity index (χ3v) is 6.63. The summed E-state index contributed by atoms with van der Waals surface area (Å²) < 4.78 is 55.9. The molecule has 0 spiro atoms. The maximum Gasteiger partial charge on any atom is 0.416 e. The van der Waals surface area contributed by atoms with Crippen LogP contribution in [-0.2, 0) is 18.1 Å². The fourth-order valence-electron chi connectivity index (χ4n) is 4.59. The molecule has 1 fully saturated rings. The Kier molecular flexibility index (Phi) is 7.83. The smallest absolute Gasteiger partial charge is 0.325 e. The highest BCUT2D eigenvalue weighted by molar-refractivity contribution is 6.30. The van der Waals surface area contributed by atoms with Gasteiger partial charge in [0, 0.05) is 25.7 Å². The standard InChI is InChI=1S/C27H26ClF4N3O/c28-22-10-11-24(33-18-22)26(17-19-8-4-3-5-9-19,34-25(36)35-12-6-1-2-7-13-35)20-14-21(27(30,31)32)16-23(29)15-20/h3-5,8-11,14-16,18H,1-2,6-7,12-13,17H2,(H,34,36). The number of urea groups is 1. The Labute approximate surface area is 212 Å². The molecule has 190 valence electrons. The largest absolute Gasteiger partial charge is 0.416 e. The first-order valence-electron chi connectivity index (χ1n) is 11.8. The first-order valence-corrected chi connectivity index (χ1v) is 12.2. The SMILES string of the molecule is O=C(NC(Cc1ccccc1)(c1cc(F)cc(C(F)(F)F)c1)c1ccc(Cl)cn1)N1CCCCCC1. The van der Waals surface area contributed by atoms with Crippen LogP contribution in [0.5, 0.6) is 0 Å². The molecule has 1 N–H and O–H groups in total. The minimum atomic E-state index is -4.78. The maximum absolute atomic E-state index is 14.7. The van der Waals surface area contributed by atoms with Gasteiger partial charge in [0.05, 0.1) is 16.3 Å². The van der Waals surface area contributed by atoms with Gasteiger partial charge in [0.1, 0.15) is 11.4 Å². The van der Waals surface area contributed by atoms with Gasteiger partial charge >= 0.3 is 12.2 Å². The zero-order valence-corrected chi connectivity index (χ0v) is 20.2. The number of aromatic nitrogens is 1. The number of hydrogen-bond donors (Lipinski definition) is 1. The van der Waals surface area contributed by atoms with E-state index in [9.17, 15) is 22.4 Å². The van der Waals surface area contributed by atoms with Crippen LogP contribution in [0.4, 0.5) is 22.4 Å². The number of benzene rings is 2. The summed E-state index contributed by atoms with van der Waals surface area (Å²) in [6, 6.07) is 14.0. The van der Waals surface area contributed by atoms with Crippen LogP contribution >= 0.6 is 11.6 Å². The molecule has 1 aliphatic rings. The van der Waals surface area contributed by atoms with E-state index in [0.29, 0.717) is 24.2 Å². The van der Waals surface area contributed by atoms with Crippen molar-refractivity contribution in [1.82, 2.24) is 15.2 Å². The summed E-state index contributed by atoms with van der Waals surface area (Å²) in [5.74, 6) is -1.06. The van der Waals surface area contributed by atoms with Gasteiger partial charge in [-0.3, -0.25) is 4.98 Å². The Morgan fingerprint density at radius 1 is 0.944 bits per heavy atom. The monoisotopic (exact) mass is 519 g/mol. The number of nitrogens with one attached hydrogen (secondary N) is 1. The van der Waals surface area contributed by atoms with Crippen molar-refractivity contribution in [1.29, 1.82) is 0 Å². The molecule has 1 unspecified atom stereocenters. The van der Waals surface area contributed by atoms with Crippen molar-refractivity contribution in [3.05, 3.63) is 100 Å². The van der Waals surface area contributed by atoms with E-state index in [4.69, 9.17) is 11.6 Å². The lowest BCUT2D eigenvalue weighted by molar-refractivity contribution is -0.137. The van der Waals surface area contributed by atoms with E-state index in [1.165, 1.54) is 6.20 Å². The quantitative estimate of drug-likeness (QED) is 0.370. The molecule has 2 aromatic carbocycles. The van der Waals surface area contributed by atoms with Crippen molar-refractivity contribution < 1.29 is 22.4 Å². The van der Waals surface area contributed by atoms with Crippen LogP contribution in [0.3, 0.4) is 0 Å². The Morgan fingerprint density at radius 2 is 1.61 bits per heavy atom. The van der Waals surface area contributed by atoms with Crippen LogP contribution in [0.1, 0.15) is 48.1 Å². The number of amides is 2. The minimum absolute atomic E-state index is 0.0444. The second kappa shape index (κ2) is 10.9. The Bertz CT molecular complexity index is 1180. The fourth-order valence-corrected chi connectivity index (χ4v) is 4.70. The Hall–Kier alpha value is -3.13. The van der Waals surface area contributed by atoms with E-state index >= 15 is 0 Å². The lowest BCUT2D eigenvalue weighted by atomic mass is 9.79. The molecule has 3 aromatic rings. The lowest BCUT2D eigenvalue weighted by Gasteiger charge is -2.37. The summed E-state index contributed by atoms with van der Waals surface area (Å²) in [4.78, 5) is 19.6. The predicted molar refractivity (Wildman–Crippen MR) is 130 cm³/mol. The van der Waals surface area contributed by atoms with Gasteiger partial charge < -0.3 is 10.2 Å². The van der Waals surface area contributed by atoms with Gasteiger partial charge in [-0.2, -0.15) is 13.2 Å². The van der Waals surface area contributed by atoms with E-state index < -0.39 is 29.1 Å². The molecule has 1 aromatic heterocycles. The molecule has 1 aliphatic heterocycles. The highest BCUT2D eigenvalue weighted by Gasteiger charge is 2.41. The number of rotatable bonds is 5. The number of alkyl halides is 3. The Morgan fingerprint density at radius 3 is 2.22 bits per heavy atom. The number of likely N-dealkylation sites (tertiary alicyclic amines) is 1. The van der Waals surface area contributed by atoms with Crippen LogP contribution in [0.2, 0.25) is 5.02 Å². The maximum atomic E-state index is 14.7. The highest BCUT2D eigenvalue weighted by atomic mass is 35.5. The van der Waals surface area contributed by atoms with Gasteiger partial charge in [-0.25, -0.2) is 9.18 Å². The first kappa shape index (κ1) is 25.9. The summed E-state index contributed by atoms with van der Waals surface area (Å²) in [5, 5.41) is 3.30. The van der Waals surface area contributed by atoms with E-state index in [-0.39, 0.29) is 17.7 Å². The predicted octanol–water partition coefficient (Wildman–Crippen LogP) is 6.96. The van der Waals surface area contributed by atoms with Crippen LogP contribution in [0.15, 0.2) is 66.9 Å². The van der Waals surface area contributed by atoms with Gasteiger partial charge in [0.25, 0.3) is 0 Å². The van der Waals surface area contributed by atoms with Gasteiger partial charge in [0.15, 0.2) is 0 Å². The number of halogens is 5. The van der Waals surface area contributed by atoms with Crippen molar-refractivity contribution in [3.8, 4) is 0 Å². The second-order valence-corrected chi connectivity index (χ2v) is 9.42. The van der Waals surface area contributed by atoms with Crippen LogP contribution < -0.4 is 5.32 Å². The second-order valence-electron chi connectivity index (χ2n) is 8.99. The number of hydrogen-bond acceptors (Lipinski definition) is 2. The van der Waals surface area contributed by atoms with Crippen LogP contribution in [0, 0.1) is 5.82 Å². The lowest BCUT2D eigenvalue weighted by Crippen LogP contribution is -2.54. The van der Waals surface area contributed by atoms with Crippen LogP contribution in [0.25, 0.3) is 0 Å². The summed E-state index contributed by atoms with van der Waals surface area (Å²) in [6.07, 6.45) is 0.277. The molecule has 0 bridgehead atoms. The first-order chi connectivity index (χ1) is 17.2. The summed E-state index contributed by atoms with van der Waals surface area (Å²) >= 11 is 6.06. The summed E-state index contributed by atoms with van der Waals surface area (Å²) in [5.41, 5.74) is -1.83. The zero-order chi connectivity index (χ0) is 25.8. The van der Waals surface area contributed by atoms with Gasteiger partial charge in [0.2, 0.25) is 0 Å². The number of pyridine rings is 1. The van der Waals surface area contributed by atoms with E-state index in [1.807, 2.05) is 6.07 Å². The molecule has 2 amide bonds. The van der Waals surface area contributed by atoms with Crippen molar-refractivity contribution >= 4 is 17.6 Å². The van der Waals surface area contributed by atoms with E-state index in [1.54, 1.807) is 41.3 Å². The minimum Gasteiger partial charge on any atom is -0.325 e. The molecule has 4 nitrogen and oxygen atoms in total. The van der Waals surface area contributed by atoms with Gasteiger partial charge in [-0.05, 0) is 54.3 Å². The van der Waals surface area contributed by atoms with Gasteiger partial charge in [-0.15, -0.1) is 0 Å². The molecule has 9 heteroatoms. The van der Waals surface area contributed by atoms with Crippen LogP contribution in [-0.4, -0.2) is 29.0 Å². The fraction of sp³-hybridized carbons (Fsp3) is 0.333. The topological polar surface area (TPSA) is 45.2 Å². The number of carbonyl (C=O) groups excluding carboxylic acids is 1. The van der Waals surface area contributed by atoms with Crippen molar-refractivity contribution in [2.75, 3.05) is 13.1 Å². The number of nitrogens with zero attached hydrogens (tertiary/aromatic N) is 2. The molecule has 2 heterocycles. The van der Waals surface area contributed by atoms with Crippen molar-refractivity contribution in [2.24, 2.45) is 0 Å². The molecule has 1 saturated heterocycles. The molecule has 1 atom stereocenters. The molecule has 0 aliphatic carbocycles. The van der Waals surface area contributed by atoms with Crippen molar-refractivity contribution in [2.45, 2.75) is 43.8 Å². The molecule has 4 rings (SSSR count). The molecule has 0 radical (unpaired) electrons. The highest BCUT2D eigenvalue weighted by Crippen LogP contribution is 2.38. The van der Waals surface area contributed by atoms with E-state index in [0.717, 1.165) is 43.4 Å². The summed E-state index contributed by atoms with van der Waals surface area (Å²) in [7, 11) is 0. The van der Waals surface area contributed by atoms with E-state index in [2.05, 4.69) is 10.3 Å². The molecular weight excluding hydrogens is 494 g/mol. The average Bonchev–Trinajstić information content (AvgIpc) is 3.14. The summed E-state index contributed by atoms with van der Waals surface area (Å²) in [6.45, 7) is 1.05. The average molecular weight is 520 g/mol. The number of carbonyl (C=O) groups is 1. The molecule has 0 saturated carbocycles. The van der Waals surface area contributed by atoms with Crippen molar-refractivity contribution in [3.63, 3.8) is 0 Å². The van der Waals surface area contributed by atoms with Gasteiger partial charge in [-0.1, -0.05) is 54.8 Å². The third kappa shape index (κ3) is 5.98. The molecule has 36 heavy (non-hydrogen) atoms. The normalized spacial score (nSPS) is 16.2. The molecular formula is C27H26ClF4N3O. The Balaban J connectivity index is 1.91.